The van der Waals surface area contributed by atoms with Gasteiger partial charge in [0.25, 0.3) is 0 Å². The van der Waals surface area contributed by atoms with E-state index in [0.717, 1.165) is 81.6 Å². The van der Waals surface area contributed by atoms with Crippen molar-refractivity contribution in [1.82, 2.24) is 14.7 Å². The van der Waals surface area contributed by atoms with Gasteiger partial charge in [0.15, 0.2) is 5.67 Å². The molecule has 5 fully saturated rings. The average molecular weight is 678 g/mol. The minimum Gasteiger partial charge on any atom is -0.469 e. The number of nitrogens with zero attached hydrogens (tertiary/aromatic N) is 5. The summed E-state index contributed by atoms with van der Waals surface area (Å²) in [5.41, 5.74) is 1.78. The predicted molar refractivity (Wildman–Crippen MR) is 183 cm³/mol. The van der Waals surface area contributed by atoms with Crippen molar-refractivity contribution in [1.29, 1.82) is 5.26 Å². The van der Waals surface area contributed by atoms with Crippen molar-refractivity contribution < 1.29 is 22.7 Å². The Morgan fingerprint density at radius 1 is 1.00 bits per heavy atom. The fourth-order valence-corrected chi connectivity index (χ4v) is 9.86. The third-order valence-electron chi connectivity index (χ3n) is 12.4. The summed E-state index contributed by atoms with van der Waals surface area (Å²) in [6.07, 6.45) is 5.63. The van der Waals surface area contributed by atoms with Gasteiger partial charge in [-0.15, -0.1) is 0 Å². The number of ether oxygens (including phenoxy) is 1. The maximum atomic E-state index is 16.2. The quantitative estimate of drug-likeness (QED) is 0.267. The molecule has 7 rings (SSSR count). The molecule has 4 heterocycles. The molecule has 10 heteroatoms. The molecular weight excluding hydrogens is 627 g/mol. The first-order valence-electron chi connectivity index (χ1n) is 18.3. The number of carbonyl (C=O) groups excluding carboxylic acids is 1. The van der Waals surface area contributed by atoms with Gasteiger partial charge in [-0.25, -0.2) is 13.2 Å². The first-order chi connectivity index (χ1) is 23.7. The zero-order valence-corrected chi connectivity index (χ0v) is 28.8. The standard InChI is InChI=1S/C39H50F3N5O2/c1-49-37(48)18-28-5-2-8-36(28)39(27-44-13-4-14-44,32-6-3-7-33(40)19-32)31-11-15-45(16-12-31)24-38(42)25-47(26-38)35-10-9-29(20-43)30(17-35)21-46-22-34(41)23-46/h3,6-7,9-10,17,19,28,31,34,36H,2,4-5,8,11-16,18,21-27H2,1H3/t28-,36+,39+/m1/s1. The third kappa shape index (κ3) is 7.09. The summed E-state index contributed by atoms with van der Waals surface area (Å²) in [7, 11) is 1.46. The lowest BCUT2D eigenvalue weighted by Crippen LogP contribution is -2.65. The molecule has 1 aliphatic carbocycles. The number of anilines is 1. The normalized spacial score (nSPS) is 26.3. The van der Waals surface area contributed by atoms with Crippen LogP contribution < -0.4 is 4.90 Å². The van der Waals surface area contributed by atoms with Gasteiger partial charge < -0.3 is 14.5 Å². The number of rotatable bonds is 12. The zero-order chi connectivity index (χ0) is 34.2. The first-order valence-corrected chi connectivity index (χ1v) is 18.3. The smallest absolute Gasteiger partial charge is 0.305 e. The lowest BCUT2D eigenvalue weighted by Gasteiger charge is -2.54. The Kier molecular flexibility index (Phi) is 9.98. The Balaban J connectivity index is 1.04. The fourth-order valence-electron chi connectivity index (χ4n) is 9.86. The number of carbonyl (C=O) groups is 1. The van der Waals surface area contributed by atoms with E-state index >= 15 is 4.39 Å². The Morgan fingerprint density at radius 3 is 2.43 bits per heavy atom. The highest BCUT2D eigenvalue weighted by molar-refractivity contribution is 5.69. The van der Waals surface area contributed by atoms with E-state index in [1.165, 1.54) is 19.6 Å². The number of hydrogen-bond acceptors (Lipinski definition) is 7. The molecule has 4 saturated heterocycles. The summed E-state index contributed by atoms with van der Waals surface area (Å²) in [5.74, 6) is 0.339. The Morgan fingerprint density at radius 2 is 1.78 bits per heavy atom. The van der Waals surface area contributed by atoms with Crippen LogP contribution in [0.2, 0.25) is 0 Å². The number of methoxy groups -OCH3 is 1. The molecule has 3 atom stereocenters. The second-order valence-electron chi connectivity index (χ2n) is 15.6. The predicted octanol–water partition coefficient (Wildman–Crippen LogP) is 5.71. The monoisotopic (exact) mass is 677 g/mol. The minimum atomic E-state index is -1.33. The van der Waals surface area contributed by atoms with E-state index in [2.05, 4.69) is 21.9 Å². The number of piperidine rings is 1. The number of esters is 1. The second-order valence-corrected chi connectivity index (χ2v) is 15.6. The number of halogens is 3. The van der Waals surface area contributed by atoms with Gasteiger partial charge in [0, 0.05) is 50.2 Å². The van der Waals surface area contributed by atoms with E-state index < -0.39 is 11.8 Å². The summed E-state index contributed by atoms with van der Waals surface area (Å²) in [4.78, 5) is 21.4. The van der Waals surface area contributed by atoms with Crippen LogP contribution in [0.4, 0.5) is 18.9 Å². The number of alkyl halides is 2. The van der Waals surface area contributed by atoms with Crippen molar-refractivity contribution in [2.75, 3.05) is 77.5 Å². The van der Waals surface area contributed by atoms with Crippen molar-refractivity contribution in [3.05, 3.63) is 65.0 Å². The average Bonchev–Trinajstić information content (AvgIpc) is 3.51. The van der Waals surface area contributed by atoms with Crippen LogP contribution in [-0.2, 0) is 21.5 Å². The summed E-state index contributed by atoms with van der Waals surface area (Å²) >= 11 is 0. The maximum Gasteiger partial charge on any atom is 0.305 e. The SMILES string of the molecule is COC(=O)C[C@H]1CCC[C@@H]1[C@](CN1CCC1)(c1cccc(F)c1)C1CCN(CC2(F)CN(c3ccc(C#N)c(CN4CC(F)C4)c3)C2)CC1. The van der Waals surface area contributed by atoms with E-state index in [1.54, 1.807) is 12.1 Å². The van der Waals surface area contributed by atoms with E-state index in [1.807, 2.05) is 28.0 Å². The highest BCUT2D eigenvalue weighted by Crippen LogP contribution is 2.54. The molecule has 2 aromatic carbocycles. The van der Waals surface area contributed by atoms with Crippen molar-refractivity contribution in [2.45, 2.75) is 68.7 Å². The second kappa shape index (κ2) is 14.2. The molecule has 1 saturated carbocycles. The van der Waals surface area contributed by atoms with E-state index in [0.29, 0.717) is 57.2 Å². The van der Waals surface area contributed by atoms with Crippen LogP contribution in [0.25, 0.3) is 0 Å². The molecule has 0 N–H and O–H groups in total. The van der Waals surface area contributed by atoms with Crippen LogP contribution in [0.5, 0.6) is 0 Å². The van der Waals surface area contributed by atoms with Gasteiger partial charge in [0.1, 0.15) is 12.0 Å². The summed E-state index contributed by atoms with van der Waals surface area (Å²) in [5, 5.41) is 9.60. The molecule has 0 amide bonds. The number of likely N-dealkylation sites (tertiary alicyclic amines) is 3. The van der Waals surface area contributed by atoms with Crippen LogP contribution in [-0.4, -0.2) is 105 Å². The number of nitriles is 1. The molecular formula is C39H50F3N5O2. The van der Waals surface area contributed by atoms with Crippen molar-refractivity contribution in [3.63, 3.8) is 0 Å². The Hall–Kier alpha value is -3.13. The van der Waals surface area contributed by atoms with Gasteiger partial charge in [-0.2, -0.15) is 5.26 Å². The van der Waals surface area contributed by atoms with Crippen LogP contribution in [0, 0.1) is 34.9 Å². The topological polar surface area (TPSA) is 63.1 Å². The van der Waals surface area contributed by atoms with Gasteiger partial charge in [0.05, 0.1) is 31.8 Å². The minimum absolute atomic E-state index is 0.171. The van der Waals surface area contributed by atoms with Gasteiger partial charge in [-0.05, 0) is 117 Å². The van der Waals surface area contributed by atoms with Gasteiger partial charge >= 0.3 is 5.97 Å². The van der Waals surface area contributed by atoms with Gasteiger partial charge in [-0.3, -0.25) is 14.6 Å². The lowest BCUT2D eigenvalue weighted by atomic mass is 9.56. The molecule has 7 nitrogen and oxygen atoms in total. The number of hydrogen-bond donors (Lipinski definition) is 0. The highest BCUT2D eigenvalue weighted by Gasteiger charge is 2.53. The molecule has 4 aliphatic heterocycles. The molecule has 49 heavy (non-hydrogen) atoms. The van der Waals surface area contributed by atoms with Gasteiger partial charge in [-0.1, -0.05) is 18.6 Å². The van der Waals surface area contributed by atoms with Crippen molar-refractivity contribution in [3.8, 4) is 6.07 Å². The highest BCUT2D eigenvalue weighted by atomic mass is 19.1. The molecule has 0 bridgehead atoms. The molecule has 0 radical (unpaired) electrons. The van der Waals surface area contributed by atoms with E-state index in [4.69, 9.17) is 4.74 Å². The van der Waals surface area contributed by atoms with Crippen molar-refractivity contribution >= 4 is 11.7 Å². The molecule has 0 unspecified atom stereocenters. The van der Waals surface area contributed by atoms with Crippen LogP contribution in [0.1, 0.15) is 61.6 Å². The first kappa shape index (κ1) is 34.3. The lowest BCUT2D eigenvalue weighted by molar-refractivity contribution is -0.142. The largest absolute Gasteiger partial charge is 0.469 e. The fraction of sp³-hybridized carbons (Fsp3) is 0.641. The Bertz CT molecular complexity index is 1530. The van der Waals surface area contributed by atoms with Crippen molar-refractivity contribution in [2.24, 2.45) is 17.8 Å². The van der Waals surface area contributed by atoms with E-state index in [-0.39, 0.29) is 29.0 Å². The summed E-state index contributed by atoms with van der Waals surface area (Å²) in [6.45, 7) is 6.80. The number of benzene rings is 2. The molecule has 2 aromatic rings. The molecule has 264 valence electrons. The van der Waals surface area contributed by atoms with Crippen LogP contribution in [0.15, 0.2) is 42.5 Å². The molecule has 0 aromatic heterocycles. The van der Waals surface area contributed by atoms with Crippen LogP contribution >= 0.6 is 0 Å². The third-order valence-corrected chi connectivity index (χ3v) is 12.4. The summed E-state index contributed by atoms with van der Waals surface area (Å²) in [6, 6.07) is 15.1. The van der Waals surface area contributed by atoms with Gasteiger partial charge in [0.2, 0.25) is 0 Å². The zero-order valence-electron chi connectivity index (χ0n) is 28.8. The molecule has 0 spiro atoms. The van der Waals surface area contributed by atoms with Crippen LogP contribution in [0.3, 0.4) is 0 Å². The maximum absolute atomic E-state index is 16.2. The molecule has 5 aliphatic rings. The van der Waals surface area contributed by atoms with E-state index in [9.17, 15) is 18.8 Å². The Labute approximate surface area is 289 Å². The summed E-state index contributed by atoms with van der Waals surface area (Å²) < 4.78 is 49.7.